The molecule has 13 heteroatoms. The maximum atomic E-state index is 15.3. The summed E-state index contributed by atoms with van der Waals surface area (Å²) in [4.78, 5) is 24.2. The lowest BCUT2D eigenvalue weighted by Crippen LogP contribution is -2.44. The number of nitro benzene ring substituents is 1. The Labute approximate surface area is 235 Å². The Bertz CT molecular complexity index is 1380. The molecule has 0 unspecified atom stereocenters. The summed E-state index contributed by atoms with van der Waals surface area (Å²) in [7, 11) is 4.84. The number of hydrogen-bond donors (Lipinski definition) is 1. The van der Waals surface area contributed by atoms with Gasteiger partial charge in [-0.1, -0.05) is 23.2 Å². The maximum absolute atomic E-state index is 15.3. The minimum atomic E-state index is -0.752. The lowest BCUT2D eigenvalue weighted by Gasteiger charge is -2.34. The molecule has 0 spiro atoms. The van der Waals surface area contributed by atoms with E-state index in [1.54, 1.807) is 13.0 Å². The molecule has 2 aromatic carbocycles. The monoisotopic (exact) mass is 576 g/mol. The normalized spacial score (nSPS) is 14.3. The highest BCUT2D eigenvalue weighted by Crippen LogP contribution is 2.44. The molecule has 3 aromatic rings. The molecule has 0 saturated carbocycles. The zero-order chi connectivity index (χ0) is 28.3. The summed E-state index contributed by atoms with van der Waals surface area (Å²) in [5, 5.41) is 14.8. The van der Waals surface area contributed by atoms with Crippen molar-refractivity contribution in [1.82, 2.24) is 14.9 Å². The van der Waals surface area contributed by atoms with E-state index in [-0.39, 0.29) is 44.4 Å². The van der Waals surface area contributed by atoms with Crippen molar-refractivity contribution in [3.05, 3.63) is 67.4 Å². The van der Waals surface area contributed by atoms with Gasteiger partial charge in [-0.15, -0.1) is 0 Å². The summed E-state index contributed by atoms with van der Waals surface area (Å²) >= 11 is 12.6. The molecular weight excluding hydrogens is 550 g/mol. The average molecular weight is 577 g/mol. The van der Waals surface area contributed by atoms with Crippen LogP contribution in [0.5, 0.6) is 11.5 Å². The van der Waals surface area contributed by atoms with Crippen LogP contribution in [0.1, 0.15) is 16.7 Å². The fourth-order valence-electron chi connectivity index (χ4n) is 4.21. The number of piperazine rings is 1. The molecule has 2 heterocycles. The van der Waals surface area contributed by atoms with Crippen molar-refractivity contribution in [2.24, 2.45) is 0 Å². The van der Waals surface area contributed by atoms with Gasteiger partial charge < -0.3 is 24.6 Å². The Morgan fingerprint density at radius 2 is 1.67 bits per heavy atom. The number of aryl methyl sites for hydroxylation is 1. The van der Waals surface area contributed by atoms with E-state index in [9.17, 15) is 10.1 Å². The number of halogens is 3. The Kier molecular flexibility index (Phi) is 8.73. The summed E-state index contributed by atoms with van der Waals surface area (Å²) in [5.74, 6) is -0.242. The molecule has 1 aromatic heterocycles. The van der Waals surface area contributed by atoms with E-state index >= 15 is 4.39 Å². The maximum Gasteiger partial charge on any atom is 0.295 e. The molecule has 0 bridgehead atoms. The van der Waals surface area contributed by atoms with E-state index in [0.717, 1.165) is 37.9 Å². The van der Waals surface area contributed by atoms with Crippen molar-refractivity contribution < 1.29 is 18.8 Å². The number of nitrogens with one attached hydrogen (secondary N) is 1. The Hall–Kier alpha value is -3.67. The van der Waals surface area contributed by atoms with Crippen molar-refractivity contribution >= 4 is 58.1 Å². The summed E-state index contributed by atoms with van der Waals surface area (Å²) in [6.07, 6.45) is 3.90. The van der Waals surface area contributed by atoms with Crippen LogP contribution in [0.3, 0.4) is 0 Å². The lowest BCUT2D eigenvalue weighted by atomic mass is 10.1. The van der Waals surface area contributed by atoms with E-state index in [4.69, 9.17) is 32.7 Å². The molecule has 1 N–H and O–H groups in total. The van der Waals surface area contributed by atoms with Gasteiger partial charge in [0.1, 0.15) is 23.0 Å². The average Bonchev–Trinajstić information content (AvgIpc) is 2.91. The number of anilines is 3. The summed E-state index contributed by atoms with van der Waals surface area (Å²) in [6.45, 7) is 5.12. The zero-order valence-electron chi connectivity index (χ0n) is 21.8. The van der Waals surface area contributed by atoms with Gasteiger partial charge in [0.2, 0.25) is 5.95 Å². The summed E-state index contributed by atoms with van der Waals surface area (Å²) in [5.41, 5.74) is 1.88. The third kappa shape index (κ3) is 6.16. The minimum Gasteiger partial charge on any atom is -0.495 e. The molecule has 1 aliphatic rings. The third-order valence-corrected chi connectivity index (χ3v) is 7.13. The molecule has 10 nitrogen and oxygen atoms in total. The van der Waals surface area contributed by atoms with Crippen molar-refractivity contribution in [2.45, 2.75) is 6.92 Å². The van der Waals surface area contributed by atoms with E-state index in [2.05, 4.69) is 25.1 Å². The second-order valence-corrected chi connectivity index (χ2v) is 9.70. The molecule has 0 aliphatic carbocycles. The highest BCUT2D eigenvalue weighted by molar-refractivity contribution is 6.39. The van der Waals surface area contributed by atoms with E-state index in [1.807, 2.05) is 13.1 Å². The molecule has 39 heavy (non-hydrogen) atoms. The van der Waals surface area contributed by atoms with Crippen LogP contribution in [0, 0.1) is 17.0 Å². The summed E-state index contributed by atoms with van der Waals surface area (Å²) in [6, 6.07) is 4.93. The van der Waals surface area contributed by atoms with Crippen LogP contribution in [-0.4, -0.2) is 67.2 Å². The SMILES string of the molecule is COc1cc(OC)c(Cl)c(/C(F)=C/c2cnc(Nc3c(C)cc(N4CCN(C)CC4)cc3[N+](=O)[O-])nc2)c1Cl. The smallest absolute Gasteiger partial charge is 0.295 e. The van der Waals surface area contributed by atoms with Crippen molar-refractivity contribution in [1.29, 1.82) is 0 Å². The Morgan fingerprint density at radius 1 is 1.08 bits per heavy atom. The third-order valence-electron chi connectivity index (χ3n) is 6.38. The number of methoxy groups -OCH3 is 2. The van der Waals surface area contributed by atoms with Gasteiger partial charge in [0.05, 0.1) is 34.8 Å². The number of aromatic nitrogens is 2. The molecule has 1 saturated heterocycles. The number of hydrogen-bond acceptors (Lipinski definition) is 9. The highest BCUT2D eigenvalue weighted by Gasteiger charge is 2.23. The fraction of sp³-hybridized carbons (Fsp3) is 0.308. The second-order valence-electron chi connectivity index (χ2n) is 8.95. The van der Waals surface area contributed by atoms with Crippen molar-refractivity contribution in [3.63, 3.8) is 0 Å². The molecule has 1 aliphatic heterocycles. The van der Waals surface area contributed by atoms with Crippen LogP contribution < -0.4 is 19.7 Å². The van der Waals surface area contributed by atoms with Crippen LogP contribution in [0.25, 0.3) is 11.9 Å². The quantitative estimate of drug-likeness (QED) is 0.256. The van der Waals surface area contributed by atoms with Crippen LogP contribution in [0.15, 0.2) is 30.6 Å². The first-order valence-corrected chi connectivity index (χ1v) is 12.7. The Morgan fingerprint density at radius 3 is 2.21 bits per heavy atom. The first-order chi connectivity index (χ1) is 18.6. The van der Waals surface area contributed by atoms with Crippen molar-refractivity contribution in [3.8, 4) is 11.5 Å². The Balaban J connectivity index is 1.59. The van der Waals surface area contributed by atoms with Gasteiger partial charge in [-0.2, -0.15) is 0 Å². The number of likely N-dealkylation sites (N-methyl/N-ethyl adjacent to an activating group) is 1. The van der Waals surface area contributed by atoms with Gasteiger partial charge in [0.25, 0.3) is 5.69 Å². The number of nitro groups is 1. The van der Waals surface area contributed by atoms with Crippen LogP contribution in [0.4, 0.5) is 27.4 Å². The lowest BCUT2D eigenvalue weighted by molar-refractivity contribution is -0.383. The predicted molar refractivity (Wildman–Crippen MR) is 151 cm³/mol. The zero-order valence-corrected chi connectivity index (χ0v) is 23.3. The molecule has 0 radical (unpaired) electrons. The number of ether oxygens (including phenoxy) is 2. The van der Waals surface area contributed by atoms with Gasteiger partial charge >= 0.3 is 0 Å². The topological polar surface area (TPSA) is 106 Å². The first-order valence-electron chi connectivity index (χ1n) is 11.9. The van der Waals surface area contributed by atoms with Crippen LogP contribution in [0.2, 0.25) is 10.0 Å². The summed E-state index contributed by atoms with van der Waals surface area (Å²) < 4.78 is 25.6. The second kappa shape index (κ2) is 12.0. The number of rotatable bonds is 8. The first kappa shape index (κ1) is 28.3. The van der Waals surface area contributed by atoms with Crippen LogP contribution in [-0.2, 0) is 0 Å². The highest BCUT2D eigenvalue weighted by atomic mass is 35.5. The van der Waals surface area contributed by atoms with E-state index < -0.39 is 10.8 Å². The number of nitrogens with zero attached hydrogens (tertiary/aromatic N) is 5. The minimum absolute atomic E-state index is 0.0148. The van der Waals surface area contributed by atoms with Gasteiger partial charge in [0, 0.05) is 62.0 Å². The van der Waals surface area contributed by atoms with E-state index in [1.165, 1.54) is 32.7 Å². The molecule has 0 atom stereocenters. The number of benzene rings is 2. The largest absolute Gasteiger partial charge is 0.495 e. The standard InChI is InChI=1S/C26H27Cl2FN6O4/c1-15-9-17(34-7-5-33(2)6-8-34)11-19(35(36)37)25(15)32-26-30-13-16(14-31-26)10-18(29)22-23(27)20(38-3)12-21(39-4)24(22)28/h9-14H,5-8H2,1-4H3,(H,30,31,32)/b18-10-. The van der Waals surface area contributed by atoms with Crippen LogP contribution >= 0.6 is 23.2 Å². The molecule has 1 fully saturated rings. The molecular formula is C26H27Cl2FN6O4. The molecule has 0 amide bonds. The van der Waals surface area contributed by atoms with E-state index in [0.29, 0.717) is 11.1 Å². The van der Waals surface area contributed by atoms with Gasteiger partial charge in [0.15, 0.2) is 0 Å². The molecule has 206 valence electrons. The molecule has 4 rings (SSSR count). The van der Waals surface area contributed by atoms with Gasteiger partial charge in [-0.05, 0) is 31.7 Å². The predicted octanol–water partition coefficient (Wildman–Crippen LogP) is 5.98. The van der Waals surface area contributed by atoms with Gasteiger partial charge in [-0.25, -0.2) is 14.4 Å². The fourth-order valence-corrected chi connectivity index (χ4v) is 4.89. The van der Waals surface area contributed by atoms with Crippen molar-refractivity contribution in [2.75, 3.05) is 57.7 Å². The van der Waals surface area contributed by atoms with Gasteiger partial charge in [-0.3, -0.25) is 10.1 Å².